The summed E-state index contributed by atoms with van der Waals surface area (Å²) in [6.45, 7) is 4.02. The van der Waals surface area contributed by atoms with Crippen molar-refractivity contribution >= 4 is 34.7 Å². The van der Waals surface area contributed by atoms with Crippen LogP contribution in [0.4, 0.5) is 17.5 Å². The Hall–Kier alpha value is -3.00. The first-order chi connectivity index (χ1) is 14.3. The van der Waals surface area contributed by atoms with Crippen LogP contribution in [0.15, 0.2) is 30.6 Å². The summed E-state index contributed by atoms with van der Waals surface area (Å²) in [5.74, 6) is 1.27. The van der Waals surface area contributed by atoms with Crippen LogP contribution in [0.3, 0.4) is 0 Å². The first-order valence-electron chi connectivity index (χ1n) is 10.4. The predicted octanol–water partition coefficient (Wildman–Crippen LogP) is 3.09. The van der Waals surface area contributed by atoms with E-state index in [1.807, 2.05) is 24.5 Å². The number of hydrogen-bond acceptors (Lipinski definition) is 7. The summed E-state index contributed by atoms with van der Waals surface area (Å²) in [5, 5.41) is 15.4. The molecule has 4 heterocycles. The van der Waals surface area contributed by atoms with Crippen LogP contribution in [0, 0.1) is 5.41 Å². The van der Waals surface area contributed by atoms with E-state index in [9.17, 15) is 0 Å². The van der Waals surface area contributed by atoms with Crippen LogP contribution in [-0.4, -0.2) is 51.9 Å². The smallest absolute Gasteiger partial charge is 0.230 e. The quantitative estimate of drug-likeness (QED) is 0.580. The number of rotatable bonds is 5. The summed E-state index contributed by atoms with van der Waals surface area (Å²) in [4.78, 5) is 16.1. The van der Waals surface area contributed by atoms with Gasteiger partial charge in [0.05, 0.1) is 17.6 Å². The summed E-state index contributed by atoms with van der Waals surface area (Å²) < 4.78 is 2.21. The number of fused-ring (bicyclic) bond motifs is 1. The number of piperazine rings is 1. The Morgan fingerprint density at radius 1 is 1.10 bits per heavy atom. The number of pyridine rings is 1. The molecule has 0 radical (unpaired) electrons. The highest BCUT2D eigenvalue weighted by Crippen LogP contribution is 2.34. The molecule has 0 bridgehead atoms. The van der Waals surface area contributed by atoms with Gasteiger partial charge in [0.15, 0.2) is 0 Å². The molecule has 0 spiro atoms. The fourth-order valence-corrected chi connectivity index (χ4v) is 4.43. The van der Waals surface area contributed by atoms with Gasteiger partial charge in [0.25, 0.3) is 0 Å². The Bertz CT molecular complexity index is 997. The maximum atomic E-state index is 7.79. The summed E-state index contributed by atoms with van der Waals surface area (Å²) in [6.07, 6.45) is 9.92. The molecule has 1 aliphatic heterocycles. The third kappa shape index (κ3) is 3.55. The molecular weight excluding hydrogens is 364 g/mol. The Morgan fingerprint density at radius 2 is 1.93 bits per heavy atom. The topological polar surface area (TPSA) is 94.8 Å². The van der Waals surface area contributed by atoms with Gasteiger partial charge in [-0.2, -0.15) is 4.98 Å². The van der Waals surface area contributed by atoms with Gasteiger partial charge < -0.3 is 25.5 Å². The first kappa shape index (κ1) is 18.1. The number of nitrogens with one attached hydrogen (secondary N) is 3. The van der Waals surface area contributed by atoms with Gasteiger partial charge >= 0.3 is 0 Å². The Labute approximate surface area is 169 Å². The Balaban J connectivity index is 1.40. The second-order valence-corrected chi connectivity index (χ2v) is 7.76. The lowest BCUT2D eigenvalue weighted by Crippen LogP contribution is -2.43. The van der Waals surface area contributed by atoms with Crippen molar-refractivity contribution in [2.24, 2.45) is 0 Å². The van der Waals surface area contributed by atoms with E-state index >= 15 is 0 Å². The maximum Gasteiger partial charge on any atom is 0.230 e. The van der Waals surface area contributed by atoms with Gasteiger partial charge in [0.1, 0.15) is 11.5 Å². The van der Waals surface area contributed by atoms with Crippen molar-refractivity contribution in [3.63, 3.8) is 0 Å². The van der Waals surface area contributed by atoms with Gasteiger partial charge in [-0.15, -0.1) is 0 Å². The van der Waals surface area contributed by atoms with E-state index in [1.165, 1.54) is 19.1 Å². The van der Waals surface area contributed by atoms with E-state index < -0.39 is 0 Å². The molecule has 29 heavy (non-hydrogen) atoms. The average Bonchev–Trinajstić information content (AvgIpc) is 3.42. The second-order valence-electron chi connectivity index (χ2n) is 7.76. The number of anilines is 3. The van der Waals surface area contributed by atoms with Gasteiger partial charge in [0, 0.05) is 50.0 Å². The Kier molecular flexibility index (Phi) is 4.85. The van der Waals surface area contributed by atoms with Gasteiger partial charge in [-0.05, 0) is 31.0 Å². The van der Waals surface area contributed by atoms with E-state index in [0.29, 0.717) is 12.0 Å². The zero-order valence-electron chi connectivity index (χ0n) is 16.4. The SMILES string of the molecule is N=Cc1cc2cnc(Nc3ccc(N4CCNCC4)cn3)nc2n1C1CCCC1. The molecule has 8 nitrogen and oxygen atoms in total. The molecule has 2 aliphatic rings. The van der Waals surface area contributed by atoms with Crippen LogP contribution < -0.4 is 15.5 Å². The van der Waals surface area contributed by atoms with E-state index in [-0.39, 0.29) is 0 Å². The standard InChI is InChI=1S/C21H26N8/c22-12-18-11-15-13-25-21(27-20(15)29(18)16-3-1-2-4-16)26-19-6-5-17(14-24-19)28-9-7-23-8-10-28/h5-6,11-14,16,22-23H,1-4,7-10H2,(H,24,25,26,27). The highest BCUT2D eigenvalue weighted by Gasteiger charge is 2.22. The lowest BCUT2D eigenvalue weighted by Gasteiger charge is -2.29. The lowest BCUT2D eigenvalue weighted by atomic mass is 10.2. The molecule has 3 aromatic heterocycles. The Morgan fingerprint density at radius 3 is 2.66 bits per heavy atom. The third-order valence-electron chi connectivity index (χ3n) is 5.91. The number of hydrogen-bond donors (Lipinski definition) is 3. The van der Waals surface area contributed by atoms with E-state index in [0.717, 1.165) is 67.3 Å². The largest absolute Gasteiger partial charge is 0.368 e. The highest BCUT2D eigenvalue weighted by atomic mass is 15.2. The molecule has 3 N–H and O–H groups in total. The zero-order valence-corrected chi connectivity index (χ0v) is 16.4. The molecule has 1 saturated carbocycles. The van der Waals surface area contributed by atoms with Crippen LogP contribution in [0.25, 0.3) is 11.0 Å². The minimum atomic E-state index is 0.420. The first-order valence-corrected chi connectivity index (χ1v) is 10.4. The van der Waals surface area contributed by atoms with Crippen LogP contribution in [-0.2, 0) is 0 Å². The van der Waals surface area contributed by atoms with Crippen molar-refractivity contribution in [2.45, 2.75) is 31.7 Å². The van der Waals surface area contributed by atoms with Crippen molar-refractivity contribution in [1.82, 2.24) is 24.8 Å². The predicted molar refractivity (Wildman–Crippen MR) is 116 cm³/mol. The van der Waals surface area contributed by atoms with Crippen molar-refractivity contribution in [1.29, 1.82) is 5.41 Å². The molecule has 5 rings (SSSR count). The lowest BCUT2D eigenvalue weighted by molar-refractivity contribution is 0.530. The fourth-order valence-electron chi connectivity index (χ4n) is 4.43. The van der Waals surface area contributed by atoms with E-state index in [1.54, 1.807) is 0 Å². The maximum absolute atomic E-state index is 7.79. The van der Waals surface area contributed by atoms with Crippen molar-refractivity contribution < 1.29 is 0 Å². The number of nitrogens with zero attached hydrogens (tertiary/aromatic N) is 5. The van der Waals surface area contributed by atoms with Gasteiger partial charge in [-0.25, -0.2) is 9.97 Å². The molecule has 0 amide bonds. The monoisotopic (exact) mass is 390 g/mol. The van der Waals surface area contributed by atoms with Gasteiger partial charge in [-0.3, -0.25) is 0 Å². The molecule has 0 unspecified atom stereocenters. The molecule has 3 aromatic rings. The molecule has 0 aromatic carbocycles. The molecule has 1 saturated heterocycles. The summed E-state index contributed by atoms with van der Waals surface area (Å²) in [6, 6.07) is 6.49. The summed E-state index contributed by atoms with van der Waals surface area (Å²) in [7, 11) is 0. The van der Waals surface area contributed by atoms with Crippen molar-refractivity contribution in [2.75, 3.05) is 36.4 Å². The molecule has 1 aliphatic carbocycles. The minimum Gasteiger partial charge on any atom is -0.368 e. The summed E-state index contributed by atoms with van der Waals surface area (Å²) >= 11 is 0. The number of aromatic nitrogens is 4. The van der Waals surface area contributed by atoms with Crippen LogP contribution >= 0.6 is 0 Å². The van der Waals surface area contributed by atoms with Gasteiger partial charge in [-0.1, -0.05) is 12.8 Å². The molecule has 0 atom stereocenters. The van der Waals surface area contributed by atoms with E-state index in [2.05, 4.69) is 36.1 Å². The van der Waals surface area contributed by atoms with Crippen LogP contribution in [0.5, 0.6) is 0 Å². The molecule has 8 heteroatoms. The van der Waals surface area contributed by atoms with Crippen molar-refractivity contribution in [3.8, 4) is 0 Å². The third-order valence-corrected chi connectivity index (χ3v) is 5.91. The normalized spacial score (nSPS) is 17.7. The fraction of sp³-hybridized carbons (Fsp3) is 0.429. The molecular formula is C21H26N8. The molecule has 2 fully saturated rings. The van der Waals surface area contributed by atoms with Gasteiger partial charge in [0.2, 0.25) is 5.95 Å². The highest BCUT2D eigenvalue weighted by molar-refractivity contribution is 5.88. The average molecular weight is 390 g/mol. The molecule has 150 valence electrons. The minimum absolute atomic E-state index is 0.420. The van der Waals surface area contributed by atoms with Crippen LogP contribution in [0.1, 0.15) is 37.4 Å². The second kappa shape index (κ2) is 7.79. The zero-order chi connectivity index (χ0) is 19.6. The van der Waals surface area contributed by atoms with Crippen LogP contribution in [0.2, 0.25) is 0 Å². The van der Waals surface area contributed by atoms with Crippen molar-refractivity contribution in [3.05, 3.63) is 36.3 Å². The van der Waals surface area contributed by atoms with E-state index in [4.69, 9.17) is 10.4 Å². The summed E-state index contributed by atoms with van der Waals surface area (Å²) in [5.41, 5.74) is 2.93.